The third-order valence-electron chi connectivity index (χ3n) is 9.21. The molecule has 1 atom stereocenters. The largest absolute Gasteiger partial charge is 0.347 e. The summed E-state index contributed by atoms with van der Waals surface area (Å²) in [5, 5.41) is 2.56. The molecule has 2 heterocycles. The normalized spacial score (nSPS) is 23.8. The van der Waals surface area contributed by atoms with Crippen molar-refractivity contribution in [2.75, 3.05) is 19.0 Å². The fourth-order valence-corrected chi connectivity index (χ4v) is 7.41. The lowest BCUT2D eigenvalue weighted by Crippen LogP contribution is -2.36. The molecule has 3 aliphatic rings. The number of hydrogen-bond acceptors (Lipinski definition) is 1. The van der Waals surface area contributed by atoms with Crippen molar-refractivity contribution in [3.05, 3.63) is 107 Å². The lowest BCUT2D eigenvalue weighted by molar-refractivity contribution is -0.401. The number of hydrogen-bond donors (Lipinski definition) is 0. The van der Waals surface area contributed by atoms with Crippen LogP contribution in [0.1, 0.15) is 56.6 Å². The first-order valence-corrected chi connectivity index (χ1v) is 14.0. The van der Waals surface area contributed by atoms with Gasteiger partial charge in [-0.1, -0.05) is 85.5 Å². The van der Waals surface area contributed by atoms with Crippen LogP contribution in [0.5, 0.6) is 0 Å². The molecule has 3 aromatic carbocycles. The summed E-state index contributed by atoms with van der Waals surface area (Å²) >= 11 is 6.04. The highest BCUT2D eigenvalue weighted by Crippen LogP contribution is 2.51. The van der Waals surface area contributed by atoms with E-state index in [-0.39, 0.29) is 10.8 Å². The van der Waals surface area contributed by atoms with Crippen LogP contribution >= 0.6 is 11.6 Å². The molecule has 2 aliphatic heterocycles. The molecular weight excluding hydrogens is 472 g/mol. The summed E-state index contributed by atoms with van der Waals surface area (Å²) < 4.78 is 2.44. The van der Waals surface area contributed by atoms with Crippen molar-refractivity contribution in [3.63, 3.8) is 0 Å². The van der Waals surface area contributed by atoms with Crippen LogP contribution in [0.4, 0.5) is 11.4 Å². The van der Waals surface area contributed by atoms with Crippen LogP contribution in [-0.2, 0) is 10.8 Å². The van der Waals surface area contributed by atoms with Crippen LogP contribution in [0, 0.1) is 0 Å². The Morgan fingerprint density at radius 2 is 1.65 bits per heavy atom. The minimum atomic E-state index is -0.151. The molecule has 188 valence electrons. The minimum Gasteiger partial charge on any atom is -0.347 e. The predicted octanol–water partition coefficient (Wildman–Crippen LogP) is 8.76. The van der Waals surface area contributed by atoms with Crippen molar-refractivity contribution in [2.24, 2.45) is 0 Å². The number of benzene rings is 3. The van der Waals surface area contributed by atoms with E-state index in [1.165, 1.54) is 76.8 Å². The smallest absolute Gasteiger partial charge is 0.209 e. The molecule has 37 heavy (non-hydrogen) atoms. The molecule has 0 aromatic heterocycles. The van der Waals surface area contributed by atoms with Crippen molar-refractivity contribution in [1.29, 1.82) is 0 Å². The topological polar surface area (TPSA) is 6.25 Å². The van der Waals surface area contributed by atoms with Crippen LogP contribution in [0.3, 0.4) is 0 Å². The Bertz CT molecular complexity index is 1480. The van der Waals surface area contributed by atoms with Crippen LogP contribution in [-0.4, -0.2) is 24.4 Å². The molecule has 0 radical (unpaired) electrons. The quantitative estimate of drug-likeness (QED) is 0.320. The number of nitrogens with zero attached hydrogens (tertiary/aromatic N) is 2. The predicted molar refractivity (Wildman–Crippen MR) is 159 cm³/mol. The maximum absolute atomic E-state index is 6.04. The first-order chi connectivity index (χ1) is 18.0. The molecule has 3 heteroatoms. The molecule has 0 saturated heterocycles. The van der Waals surface area contributed by atoms with Gasteiger partial charge in [-0.2, -0.15) is 4.58 Å². The van der Waals surface area contributed by atoms with E-state index in [0.29, 0.717) is 0 Å². The standard InChI is InChI=1S/C34H36ClN2/c1-33(19-12-22-35)28-23-25-13-5-6-14-26(25)24-30(28)37(3)31(33)17-11-18-32-34(20-9-4-10-21-34)27-15-7-8-16-29(27)36(32)2/h5-8,11-18,22-24H,4,9-10,19-21H2,1-3H3/q+1/b22-12+. The van der Waals surface area contributed by atoms with Gasteiger partial charge in [0.05, 0.1) is 5.41 Å². The third kappa shape index (κ3) is 3.72. The number of anilines is 1. The molecule has 1 saturated carbocycles. The van der Waals surface area contributed by atoms with Crippen molar-refractivity contribution in [1.82, 2.24) is 0 Å². The monoisotopic (exact) mass is 507 g/mol. The van der Waals surface area contributed by atoms with E-state index in [0.717, 1.165) is 6.42 Å². The number of para-hydroxylation sites is 1. The zero-order valence-corrected chi connectivity index (χ0v) is 22.9. The summed E-state index contributed by atoms with van der Waals surface area (Å²) in [5.74, 6) is 0. The summed E-state index contributed by atoms with van der Waals surface area (Å²) in [7, 11) is 4.45. The Balaban J connectivity index is 1.43. The van der Waals surface area contributed by atoms with E-state index in [4.69, 9.17) is 11.6 Å². The van der Waals surface area contributed by atoms with E-state index in [9.17, 15) is 0 Å². The molecule has 3 aromatic rings. The summed E-state index contributed by atoms with van der Waals surface area (Å²) in [6.07, 6.45) is 16.4. The summed E-state index contributed by atoms with van der Waals surface area (Å²) in [5.41, 5.74) is 9.93. The molecule has 1 unspecified atom stereocenters. The van der Waals surface area contributed by atoms with Crippen molar-refractivity contribution in [2.45, 2.75) is 56.3 Å². The number of rotatable bonds is 4. The Morgan fingerprint density at radius 3 is 2.41 bits per heavy atom. The molecule has 6 rings (SSSR count). The Labute approximate surface area is 226 Å². The van der Waals surface area contributed by atoms with E-state index >= 15 is 0 Å². The highest BCUT2D eigenvalue weighted by Gasteiger charge is 2.50. The third-order valence-corrected chi connectivity index (χ3v) is 9.39. The second-order valence-corrected chi connectivity index (χ2v) is 11.4. The molecule has 0 bridgehead atoms. The van der Waals surface area contributed by atoms with Crippen molar-refractivity contribution in [3.8, 4) is 0 Å². The first-order valence-electron chi connectivity index (χ1n) is 13.6. The van der Waals surface area contributed by atoms with Gasteiger partial charge in [-0.3, -0.25) is 0 Å². The highest BCUT2D eigenvalue weighted by molar-refractivity contribution is 6.25. The summed E-state index contributed by atoms with van der Waals surface area (Å²) in [6, 6.07) is 22.4. The fraction of sp³-hybridized carbons (Fsp3) is 0.324. The van der Waals surface area contributed by atoms with E-state index in [1.807, 2.05) is 0 Å². The number of likely N-dealkylation sites (N-methyl/N-ethyl adjacent to an activating group) is 1. The van der Waals surface area contributed by atoms with Crippen LogP contribution in [0.25, 0.3) is 10.8 Å². The zero-order valence-electron chi connectivity index (χ0n) is 22.2. The fourth-order valence-electron chi connectivity index (χ4n) is 7.32. The highest BCUT2D eigenvalue weighted by atomic mass is 35.5. The minimum absolute atomic E-state index is 0.144. The Hall–Kier alpha value is -3.10. The van der Waals surface area contributed by atoms with E-state index in [1.54, 1.807) is 5.54 Å². The molecule has 0 N–H and O–H groups in total. The average molecular weight is 508 g/mol. The Morgan fingerprint density at radius 1 is 0.946 bits per heavy atom. The number of fused-ring (bicyclic) bond motifs is 4. The lowest BCUT2D eigenvalue weighted by atomic mass is 9.67. The Kier molecular flexibility index (Phi) is 6.12. The second-order valence-electron chi connectivity index (χ2n) is 11.2. The summed E-state index contributed by atoms with van der Waals surface area (Å²) in [4.78, 5) is 2.38. The van der Waals surface area contributed by atoms with Gasteiger partial charge >= 0.3 is 0 Å². The molecule has 1 fully saturated rings. The molecule has 2 nitrogen and oxygen atoms in total. The van der Waals surface area contributed by atoms with Gasteiger partial charge in [0.15, 0.2) is 5.71 Å². The lowest BCUT2D eigenvalue weighted by Gasteiger charge is -2.31. The van der Waals surface area contributed by atoms with Crippen LogP contribution in [0.2, 0.25) is 0 Å². The van der Waals surface area contributed by atoms with E-state index < -0.39 is 0 Å². The maximum Gasteiger partial charge on any atom is 0.209 e. The summed E-state index contributed by atoms with van der Waals surface area (Å²) in [6.45, 7) is 2.36. The van der Waals surface area contributed by atoms with Gasteiger partial charge < -0.3 is 4.90 Å². The number of halogens is 1. The van der Waals surface area contributed by atoms with Crippen molar-refractivity contribution >= 4 is 39.5 Å². The van der Waals surface area contributed by atoms with E-state index in [2.05, 4.69) is 115 Å². The molecular formula is C34H36ClN2+. The van der Waals surface area contributed by atoms with Gasteiger partial charge in [0.25, 0.3) is 0 Å². The van der Waals surface area contributed by atoms with Gasteiger partial charge in [0, 0.05) is 47.1 Å². The van der Waals surface area contributed by atoms with Gasteiger partial charge in [-0.15, -0.1) is 0 Å². The second kappa shape index (κ2) is 9.33. The zero-order chi connectivity index (χ0) is 25.6. The molecule has 1 aliphatic carbocycles. The SMILES string of the molecule is CN1C(=CC=CC2=[N+](C)c3ccccc3C23CCCCC3)C(C)(C/C=C/Cl)c2cc3ccccc3cc21. The first kappa shape index (κ1) is 24.2. The van der Waals surface area contributed by atoms with Gasteiger partial charge in [-0.05, 0) is 60.7 Å². The maximum atomic E-state index is 6.04. The van der Waals surface area contributed by atoms with Gasteiger partial charge in [0.2, 0.25) is 5.69 Å². The molecule has 0 amide bonds. The average Bonchev–Trinajstić information content (AvgIpc) is 3.27. The number of allylic oxidation sites excluding steroid dienone is 5. The van der Waals surface area contributed by atoms with Crippen LogP contribution in [0.15, 0.2) is 96.2 Å². The van der Waals surface area contributed by atoms with Crippen molar-refractivity contribution < 1.29 is 4.58 Å². The van der Waals surface area contributed by atoms with Gasteiger partial charge in [-0.25, -0.2) is 0 Å². The molecule has 1 spiro atoms. The van der Waals surface area contributed by atoms with Crippen LogP contribution < -0.4 is 4.90 Å². The van der Waals surface area contributed by atoms with Gasteiger partial charge in [0.1, 0.15) is 7.05 Å².